The number of carbonyl (C=O) groups excluding carboxylic acids is 2. The number of amides is 1. The number of halogens is 1. The van der Waals surface area contributed by atoms with E-state index in [0.29, 0.717) is 41.6 Å². The van der Waals surface area contributed by atoms with E-state index in [1.165, 1.54) is 0 Å². The fourth-order valence-electron chi connectivity index (χ4n) is 4.72. The Morgan fingerprint density at radius 1 is 1.00 bits per heavy atom. The second-order valence-corrected chi connectivity index (χ2v) is 9.81. The van der Waals surface area contributed by atoms with Crippen LogP contribution in [0.1, 0.15) is 42.1 Å². The Bertz CT molecular complexity index is 1310. The third-order valence-corrected chi connectivity index (χ3v) is 7.14. The number of nitrogens with zero attached hydrogens (tertiary/aromatic N) is 2. The molecule has 7 heteroatoms. The molecule has 38 heavy (non-hydrogen) atoms. The summed E-state index contributed by atoms with van der Waals surface area (Å²) in [5.74, 6) is -0.880. The van der Waals surface area contributed by atoms with Gasteiger partial charge in [-0.1, -0.05) is 67.4 Å². The molecule has 1 saturated heterocycles. The molecule has 0 bridgehead atoms. The number of carbonyl (C=O) groups is 2. The lowest BCUT2D eigenvalue weighted by atomic mass is 9.95. The topological polar surface area (TPSA) is 70.1 Å². The smallest absolute Gasteiger partial charge is 0.295 e. The predicted octanol–water partition coefficient (Wildman–Crippen LogP) is 5.99. The molecule has 1 N–H and O–H groups in total. The van der Waals surface area contributed by atoms with Gasteiger partial charge >= 0.3 is 0 Å². The van der Waals surface area contributed by atoms with E-state index >= 15 is 0 Å². The van der Waals surface area contributed by atoms with Gasteiger partial charge in [-0.05, 0) is 67.5 Å². The van der Waals surface area contributed by atoms with E-state index in [1.807, 2.05) is 25.1 Å². The third-order valence-electron chi connectivity index (χ3n) is 6.89. The zero-order valence-corrected chi connectivity index (χ0v) is 22.7. The van der Waals surface area contributed by atoms with Crippen molar-refractivity contribution in [3.8, 4) is 5.75 Å². The summed E-state index contributed by atoms with van der Waals surface area (Å²) in [6.07, 6.45) is 0. The average Bonchev–Trinajstić information content (AvgIpc) is 3.18. The maximum Gasteiger partial charge on any atom is 0.295 e. The molecule has 1 amide bonds. The molecule has 0 aliphatic carbocycles. The summed E-state index contributed by atoms with van der Waals surface area (Å²) in [5, 5.41) is 11.9. The SMILES string of the molecule is CCN(CC)CCN1C(=O)C(=O)C(=C(O)c2ccc(OCc3cccc(C)c3)cc2)C1c1ccc(Cl)cc1. The highest BCUT2D eigenvalue weighted by atomic mass is 35.5. The predicted molar refractivity (Wildman–Crippen MR) is 150 cm³/mol. The first kappa shape index (κ1) is 27.4. The molecule has 1 aliphatic heterocycles. The zero-order valence-electron chi connectivity index (χ0n) is 22.0. The summed E-state index contributed by atoms with van der Waals surface area (Å²) in [5.41, 5.74) is 3.45. The van der Waals surface area contributed by atoms with E-state index in [2.05, 4.69) is 24.8 Å². The van der Waals surface area contributed by atoms with Crippen molar-refractivity contribution in [1.29, 1.82) is 0 Å². The molecule has 4 rings (SSSR count). The number of likely N-dealkylation sites (tertiary alicyclic amines) is 1. The number of hydrogen-bond donors (Lipinski definition) is 1. The van der Waals surface area contributed by atoms with E-state index in [0.717, 1.165) is 24.2 Å². The van der Waals surface area contributed by atoms with Gasteiger partial charge in [0.2, 0.25) is 0 Å². The molecule has 1 unspecified atom stereocenters. The number of Topliss-reactive ketones (excluding diaryl/α,β-unsaturated/α-hetero) is 1. The molecule has 0 saturated carbocycles. The highest BCUT2D eigenvalue weighted by Crippen LogP contribution is 2.39. The molecule has 6 nitrogen and oxygen atoms in total. The quantitative estimate of drug-likeness (QED) is 0.197. The summed E-state index contributed by atoms with van der Waals surface area (Å²) in [7, 11) is 0. The van der Waals surface area contributed by atoms with Crippen LogP contribution in [0.5, 0.6) is 5.75 Å². The number of aliphatic hydroxyl groups is 1. The molecule has 0 radical (unpaired) electrons. The van der Waals surface area contributed by atoms with Crippen LogP contribution in [0.25, 0.3) is 5.76 Å². The maximum absolute atomic E-state index is 13.2. The number of ether oxygens (including phenoxy) is 1. The lowest BCUT2D eigenvalue weighted by molar-refractivity contribution is -0.140. The molecule has 1 atom stereocenters. The second kappa shape index (κ2) is 12.3. The molecule has 0 aromatic heterocycles. The van der Waals surface area contributed by atoms with Crippen molar-refractivity contribution in [2.75, 3.05) is 26.2 Å². The van der Waals surface area contributed by atoms with Crippen molar-refractivity contribution in [3.63, 3.8) is 0 Å². The van der Waals surface area contributed by atoms with Crippen LogP contribution in [0.2, 0.25) is 5.02 Å². The van der Waals surface area contributed by atoms with Gasteiger partial charge in [-0.25, -0.2) is 0 Å². The highest BCUT2D eigenvalue weighted by Gasteiger charge is 2.45. The Labute approximate surface area is 229 Å². The first-order valence-corrected chi connectivity index (χ1v) is 13.2. The molecule has 1 aliphatic rings. The summed E-state index contributed by atoms with van der Waals surface area (Å²) in [4.78, 5) is 30.1. The fourth-order valence-corrected chi connectivity index (χ4v) is 4.85. The largest absolute Gasteiger partial charge is 0.507 e. The average molecular weight is 533 g/mol. The van der Waals surface area contributed by atoms with Gasteiger partial charge in [-0.3, -0.25) is 9.59 Å². The van der Waals surface area contributed by atoms with Crippen LogP contribution in [0, 0.1) is 6.92 Å². The first-order chi connectivity index (χ1) is 18.3. The van der Waals surface area contributed by atoms with E-state index < -0.39 is 17.7 Å². The second-order valence-electron chi connectivity index (χ2n) is 9.37. The standard InChI is InChI=1S/C31H33ClN2O4/c1-4-33(5-2)17-18-34-28(23-9-13-25(32)14-10-23)27(30(36)31(34)37)29(35)24-11-15-26(16-12-24)38-20-22-8-6-7-21(3)19-22/h6-16,19,28,35H,4-5,17-18,20H2,1-3H3. The van der Waals surface area contributed by atoms with Crippen LogP contribution in [0.4, 0.5) is 0 Å². The number of ketones is 1. The van der Waals surface area contributed by atoms with Gasteiger partial charge in [0.1, 0.15) is 18.1 Å². The number of likely N-dealkylation sites (N-methyl/N-ethyl adjacent to an activating group) is 1. The Hall–Kier alpha value is -3.61. The maximum atomic E-state index is 13.2. The molecule has 1 heterocycles. The van der Waals surface area contributed by atoms with Gasteiger partial charge in [0.25, 0.3) is 11.7 Å². The summed E-state index contributed by atoms with van der Waals surface area (Å²) >= 11 is 6.11. The molecule has 1 fully saturated rings. The van der Waals surface area contributed by atoms with Crippen LogP contribution in [-0.4, -0.2) is 52.8 Å². The van der Waals surface area contributed by atoms with Crippen LogP contribution in [0.3, 0.4) is 0 Å². The highest BCUT2D eigenvalue weighted by molar-refractivity contribution is 6.46. The van der Waals surface area contributed by atoms with Crippen molar-refractivity contribution in [3.05, 3.63) is 106 Å². The lowest BCUT2D eigenvalue weighted by Gasteiger charge is -2.28. The van der Waals surface area contributed by atoms with Gasteiger partial charge in [-0.15, -0.1) is 0 Å². The van der Waals surface area contributed by atoms with Crippen molar-refractivity contribution < 1.29 is 19.4 Å². The Balaban J connectivity index is 1.63. The summed E-state index contributed by atoms with van der Waals surface area (Å²) < 4.78 is 5.90. The van der Waals surface area contributed by atoms with E-state index in [-0.39, 0.29) is 11.3 Å². The fraction of sp³-hybridized carbons (Fsp3) is 0.290. The first-order valence-electron chi connectivity index (χ1n) is 12.9. The normalized spacial score (nSPS) is 16.9. The minimum absolute atomic E-state index is 0.0744. The minimum Gasteiger partial charge on any atom is -0.507 e. The van der Waals surface area contributed by atoms with Gasteiger partial charge in [0, 0.05) is 23.7 Å². The third kappa shape index (κ3) is 6.09. The monoisotopic (exact) mass is 532 g/mol. The lowest BCUT2D eigenvalue weighted by Crippen LogP contribution is -2.38. The van der Waals surface area contributed by atoms with Gasteiger partial charge in [-0.2, -0.15) is 0 Å². The van der Waals surface area contributed by atoms with Gasteiger partial charge < -0.3 is 19.6 Å². The molecular formula is C31H33ClN2O4. The van der Waals surface area contributed by atoms with Crippen LogP contribution >= 0.6 is 11.6 Å². The van der Waals surface area contributed by atoms with E-state index in [4.69, 9.17) is 16.3 Å². The van der Waals surface area contributed by atoms with Crippen molar-refractivity contribution in [1.82, 2.24) is 9.80 Å². The van der Waals surface area contributed by atoms with Crippen molar-refractivity contribution in [2.45, 2.75) is 33.4 Å². The Kier molecular flexibility index (Phi) is 8.87. The van der Waals surface area contributed by atoms with Gasteiger partial charge in [0.05, 0.1) is 11.6 Å². The number of hydrogen-bond acceptors (Lipinski definition) is 5. The van der Waals surface area contributed by atoms with Gasteiger partial charge in [0.15, 0.2) is 0 Å². The Morgan fingerprint density at radius 2 is 1.68 bits per heavy atom. The minimum atomic E-state index is -0.708. The van der Waals surface area contributed by atoms with Crippen molar-refractivity contribution >= 4 is 29.1 Å². The molecule has 198 valence electrons. The number of benzene rings is 3. The molecular weight excluding hydrogens is 500 g/mol. The Morgan fingerprint density at radius 3 is 2.32 bits per heavy atom. The molecule has 3 aromatic rings. The van der Waals surface area contributed by atoms with Crippen LogP contribution < -0.4 is 4.74 Å². The summed E-state index contributed by atoms with van der Waals surface area (Å²) in [6.45, 7) is 9.23. The van der Waals surface area contributed by atoms with Crippen LogP contribution in [0.15, 0.2) is 78.4 Å². The molecule has 3 aromatic carbocycles. The number of rotatable bonds is 10. The van der Waals surface area contributed by atoms with Crippen LogP contribution in [-0.2, 0) is 16.2 Å². The zero-order chi connectivity index (χ0) is 27.2. The number of aliphatic hydroxyl groups excluding tert-OH is 1. The van der Waals surface area contributed by atoms with E-state index in [9.17, 15) is 14.7 Å². The van der Waals surface area contributed by atoms with E-state index in [1.54, 1.807) is 53.4 Å². The summed E-state index contributed by atoms with van der Waals surface area (Å²) in [6, 6.07) is 21.3. The van der Waals surface area contributed by atoms with Crippen molar-refractivity contribution in [2.24, 2.45) is 0 Å². The molecule has 0 spiro atoms. The number of aryl methyl sites for hydroxylation is 1.